The summed E-state index contributed by atoms with van der Waals surface area (Å²) >= 11 is 0. The van der Waals surface area contributed by atoms with Gasteiger partial charge in [-0.3, -0.25) is 0 Å². The number of hydrogen-bond donors (Lipinski definition) is 0. The molecule has 0 saturated heterocycles. The molecule has 96 valence electrons. The third-order valence-corrected chi connectivity index (χ3v) is 4.67. The summed E-state index contributed by atoms with van der Waals surface area (Å²) in [5, 5.41) is 2.69. The number of rotatable bonds is 2. The normalized spacial score (nSPS) is 21.8. The SMILES string of the molecule is C=CC[C@]1(C)C(C)=[N+](C)c2ccc3ccccc3c21. The Kier molecular flexibility index (Phi) is 2.60. The van der Waals surface area contributed by atoms with Gasteiger partial charge in [0.15, 0.2) is 5.71 Å². The van der Waals surface area contributed by atoms with Crippen molar-refractivity contribution in [1.82, 2.24) is 0 Å². The molecule has 0 spiro atoms. The highest BCUT2D eigenvalue weighted by molar-refractivity contribution is 6.01. The third-order valence-electron chi connectivity index (χ3n) is 4.67. The smallest absolute Gasteiger partial charge is 0.202 e. The van der Waals surface area contributed by atoms with Crippen LogP contribution in [0.2, 0.25) is 0 Å². The molecule has 1 nitrogen and oxygen atoms in total. The van der Waals surface area contributed by atoms with Gasteiger partial charge in [-0.15, -0.1) is 6.58 Å². The largest absolute Gasteiger partial charge is 0.209 e. The van der Waals surface area contributed by atoms with Gasteiger partial charge in [0.05, 0.1) is 5.41 Å². The van der Waals surface area contributed by atoms with Crippen molar-refractivity contribution in [3.05, 3.63) is 54.6 Å². The molecule has 0 aromatic heterocycles. The van der Waals surface area contributed by atoms with Gasteiger partial charge in [0.25, 0.3) is 0 Å². The zero-order valence-corrected chi connectivity index (χ0v) is 11.9. The Balaban J connectivity index is 2.41. The summed E-state index contributed by atoms with van der Waals surface area (Å²) in [7, 11) is 2.16. The molecule has 0 aliphatic carbocycles. The minimum absolute atomic E-state index is 0.0622. The van der Waals surface area contributed by atoms with Gasteiger partial charge in [-0.1, -0.05) is 30.3 Å². The highest BCUT2D eigenvalue weighted by atomic mass is 15.0. The van der Waals surface area contributed by atoms with Crippen molar-refractivity contribution in [1.29, 1.82) is 0 Å². The summed E-state index contributed by atoms with van der Waals surface area (Å²) in [6, 6.07) is 13.1. The molecule has 0 saturated carbocycles. The predicted octanol–water partition coefficient (Wildman–Crippen LogP) is 4.42. The van der Waals surface area contributed by atoms with Gasteiger partial charge in [0, 0.05) is 18.6 Å². The van der Waals surface area contributed by atoms with Crippen molar-refractivity contribution in [3.63, 3.8) is 0 Å². The van der Waals surface area contributed by atoms with Gasteiger partial charge < -0.3 is 0 Å². The van der Waals surface area contributed by atoms with Gasteiger partial charge in [-0.2, -0.15) is 0 Å². The fourth-order valence-electron chi connectivity index (χ4n) is 3.39. The molecule has 0 unspecified atom stereocenters. The van der Waals surface area contributed by atoms with E-state index in [4.69, 9.17) is 0 Å². The van der Waals surface area contributed by atoms with E-state index in [1.807, 2.05) is 6.08 Å². The monoisotopic (exact) mass is 250 g/mol. The van der Waals surface area contributed by atoms with E-state index in [2.05, 4.69) is 68.4 Å². The molecule has 3 rings (SSSR count). The van der Waals surface area contributed by atoms with E-state index < -0.39 is 0 Å². The van der Waals surface area contributed by atoms with Crippen LogP contribution < -0.4 is 0 Å². The number of fused-ring (bicyclic) bond motifs is 3. The minimum atomic E-state index is 0.0622. The third kappa shape index (κ3) is 1.51. The lowest BCUT2D eigenvalue weighted by Crippen LogP contribution is -2.29. The van der Waals surface area contributed by atoms with Crippen LogP contribution in [0.25, 0.3) is 10.8 Å². The van der Waals surface area contributed by atoms with E-state index in [0.717, 1.165) is 6.42 Å². The quantitative estimate of drug-likeness (QED) is 0.548. The van der Waals surface area contributed by atoms with Gasteiger partial charge in [0.1, 0.15) is 7.05 Å². The Morgan fingerprint density at radius 3 is 2.68 bits per heavy atom. The first-order valence-electron chi connectivity index (χ1n) is 6.80. The molecular weight excluding hydrogens is 230 g/mol. The Hall–Kier alpha value is -1.89. The summed E-state index contributed by atoms with van der Waals surface area (Å²) in [6.07, 6.45) is 3.01. The maximum atomic E-state index is 3.95. The second-order valence-electron chi connectivity index (χ2n) is 5.65. The molecule has 1 aliphatic heterocycles. The maximum Gasteiger partial charge on any atom is 0.209 e. The van der Waals surface area contributed by atoms with Crippen molar-refractivity contribution >= 4 is 22.2 Å². The molecule has 1 heteroatoms. The lowest BCUT2D eigenvalue weighted by Gasteiger charge is -2.21. The number of hydrogen-bond acceptors (Lipinski definition) is 0. The van der Waals surface area contributed by atoms with E-state index in [1.165, 1.54) is 27.7 Å². The Morgan fingerprint density at radius 2 is 1.95 bits per heavy atom. The Labute approximate surface area is 114 Å². The van der Waals surface area contributed by atoms with Gasteiger partial charge >= 0.3 is 0 Å². The fraction of sp³-hybridized carbons (Fsp3) is 0.278. The van der Waals surface area contributed by atoms with E-state index in [-0.39, 0.29) is 5.41 Å². The predicted molar refractivity (Wildman–Crippen MR) is 82.6 cm³/mol. The average molecular weight is 250 g/mol. The van der Waals surface area contributed by atoms with Gasteiger partial charge in [0.2, 0.25) is 5.69 Å². The van der Waals surface area contributed by atoms with Crippen LogP contribution in [0.3, 0.4) is 0 Å². The fourth-order valence-corrected chi connectivity index (χ4v) is 3.39. The van der Waals surface area contributed by atoms with Crippen LogP contribution in [-0.4, -0.2) is 17.3 Å². The first kappa shape index (κ1) is 12.2. The Bertz CT molecular complexity index is 709. The molecule has 2 aromatic rings. The molecule has 1 aliphatic rings. The van der Waals surface area contributed by atoms with E-state index >= 15 is 0 Å². The molecule has 1 atom stereocenters. The second-order valence-corrected chi connectivity index (χ2v) is 5.65. The maximum absolute atomic E-state index is 3.95. The molecular formula is C18H20N+. The van der Waals surface area contributed by atoms with Crippen LogP contribution in [0, 0.1) is 0 Å². The van der Waals surface area contributed by atoms with Crippen LogP contribution >= 0.6 is 0 Å². The second kappa shape index (κ2) is 4.06. The lowest BCUT2D eigenvalue weighted by molar-refractivity contribution is -0.403. The summed E-state index contributed by atoms with van der Waals surface area (Å²) in [5.41, 5.74) is 4.25. The molecule has 0 N–H and O–H groups in total. The van der Waals surface area contributed by atoms with Gasteiger partial charge in [-0.25, -0.2) is 4.58 Å². The summed E-state index contributed by atoms with van der Waals surface area (Å²) in [4.78, 5) is 0. The summed E-state index contributed by atoms with van der Waals surface area (Å²) in [5.74, 6) is 0. The standard InChI is InChI=1S/C18H20N/c1-5-12-18(3)13(2)19(4)16-11-10-14-8-6-7-9-15(14)17(16)18/h5-11H,1,12H2,2-4H3/q+1/t18-/m1/s1. The molecule has 0 radical (unpaired) electrons. The van der Waals surface area contributed by atoms with Gasteiger partial charge in [-0.05, 0) is 30.2 Å². The van der Waals surface area contributed by atoms with Crippen LogP contribution in [0.1, 0.15) is 25.8 Å². The van der Waals surface area contributed by atoms with Crippen LogP contribution in [0.15, 0.2) is 49.1 Å². The lowest BCUT2D eigenvalue weighted by atomic mass is 9.75. The average Bonchev–Trinajstić information content (AvgIpc) is 2.62. The molecule has 2 aromatic carbocycles. The minimum Gasteiger partial charge on any atom is -0.202 e. The van der Waals surface area contributed by atoms with Crippen LogP contribution in [0.4, 0.5) is 5.69 Å². The zero-order valence-electron chi connectivity index (χ0n) is 11.9. The first-order chi connectivity index (χ1) is 9.09. The van der Waals surface area contributed by atoms with Crippen molar-refractivity contribution in [2.75, 3.05) is 7.05 Å². The van der Waals surface area contributed by atoms with Crippen molar-refractivity contribution in [3.8, 4) is 0 Å². The molecule has 1 heterocycles. The highest BCUT2D eigenvalue weighted by Crippen LogP contribution is 2.45. The van der Waals surface area contributed by atoms with E-state index in [1.54, 1.807) is 0 Å². The molecule has 0 amide bonds. The molecule has 0 bridgehead atoms. The summed E-state index contributed by atoms with van der Waals surface area (Å²) in [6.45, 7) is 8.52. The summed E-state index contributed by atoms with van der Waals surface area (Å²) < 4.78 is 2.32. The Morgan fingerprint density at radius 1 is 1.21 bits per heavy atom. The van der Waals surface area contributed by atoms with Crippen LogP contribution in [0.5, 0.6) is 0 Å². The highest BCUT2D eigenvalue weighted by Gasteiger charge is 2.45. The van der Waals surface area contributed by atoms with Crippen molar-refractivity contribution in [2.45, 2.75) is 25.7 Å². The van der Waals surface area contributed by atoms with Crippen LogP contribution in [-0.2, 0) is 5.41 Å². The van der Waals surface area contributed by atoms with Crippen molar-refractivity contribution < 1.29 is 4.58 Å². The zero-order chi connectivity index (χ0) is 13.6. The number of benzene rings is 2. The number of nitrogens with zero attached hydrogens (tertiary/aromatic N) is 1. The first-order valence-corrected chi connectivity index (χ1v) is 6.80. The molecule has 0 fully saturated rings. The van der Waals surface area contributed by atoms with E-state index in [0.29, 0.717) is 0 Å². The topological polar surface area (TPSA) is 3.01 Å². The van der Waals surface area contributed by atoms with Crippen molar-refractivity contribution in [2.24, 2.45) is 0 Å². The van der Waals surface area contributed by atoms with E-state index in [9.17, 15) is 0 Å². The number of allylic oxidation sites excluding steroid dienone is 1. The molecule has 19 heavy (non-hydrogen) atoms.